The zero-order valence-electron chi connectivity index (χ0n) is 16.7. The maximum atomic E-state index is 15.4. The maximum absolute atomic E-state index is 15.4. The van der Waals surface area contributed by atoms with E-state index in [2.05, 4.69) is 16.8 Å². The highest BCUT2D eigenvalue weighted by Crippen LogP contribution is 2.44. The van der Waals surface area contributed by atoms with Crippen molar-refractivity contribution in [1.82, 2.24) is 14.5 Å². The van der Waals surface area contributed by atoms with Crippen molar-refractivity contribution in [3.8, 4) is 16.9 Å². The molecule has 0 bridgehead atoms. The molecule has 2 aromatic heterocycles. The van der Waals surface area contributed by atoms with Gasteiger partial charge in [-0.15, -0.1) is 0 Å². The van der Waals surface area contributed by atoms with Gasteiger partial charge in [-0.1, -0.05) is 14.9 Å². The zero-order valence-corrected chi connectivity index (χ0v) is 16.7. The molecule has 3 heterocycles. The molecule has 1 fully saturated rings. The molecule has 1 aliphatic heterocycles. The molecule has 172 valence electrons. The first-order valence-corrected chi connectivity index (χ1v) is 10.0. The topological polar surface area (TPSA) is 85.5 Å². The lowest BCUT2D eigenvalue weighted by atomic mass is 10.0. The zero-order chi connectivity index (χ0) is 21.2. The van der Waals surface area contributed by atoms with E-state index in [9.17, 15) is 14.7 Å². The first-order chi connectivity index (χ1) is 14.4. The molecule has 32 heavy (non-hydrogen) atoms. The average Bonchev–Trinajstić information content (AvgIpc) is 3.46. The molecule has 0 saturated heterocycles. The normalized spacial score (nSPS) is 17.3. The molecule has 0 unspecified atom stereocenters. The molecule has 7 nitrogen and oxygen atoms in total. The van der Waals surface area contributed by atoms with Crippen LogP contribution in [0.5, 0.6) is 5.75 Å². The Morgan fingerprint density at radius 2 is 1.97 bits per heavy atom. The number of benzene rings is 1. The smallest absolute Gasteiger partial charge is 0.341 e. The van der Waals surface area contributed by atoms with Crippen LogP contribution in [0.1, 0.15) is 62.8 Å². The van der Waals surface area contributed by atoms with E-state index < -0.39 is 17.2 Å². The van der Waals surface area contributed by atoms with Gasteiger partial charge in [0.05, 0.1) is 23.6 Å². The predicted molar refractivity (Wildman–Crippen MR) is 123 cm³/mol. The van der Waals surface area contributed by atoms with Crippen molar-refractivity contribution in [2.24, 2.45) is 0 Å². The highest BCUT2D eigenvalue weighted by molar-refractivity contribution is 5.98. The number of aromatic nitrogens is 2. The number of hydrogen-bond donors (Lipinski definition) is 2. The van der Waals surface area contributed by atoms with E-state index in [1.165, 1.54) is 13.3 Å². The van der Waals surface area contributed by atoms with Gasteiger partial charge in [-0.05, 0) is 31.9 Å². The molecular formula is C24H30FN3O4. The van der Waals surface area contributed by atoms with Crippen molar-refractivity contribution in [3.63, 3.8) is 0 Å². The molecule has 1 saturated carbocycles. The summed E-state index contributed by atoms with van der Waals surface area (Å²) in [6.45, 7) is 3.67. The molecule has 0 amide bonds. The number of carboxylic acid groups (broad SMARTS) is 1. The number of pyridine rings is 1. The minimum absolute atomic E-state index is 0. The second kappa shape index (κ2) is 8.43. The lowest BCUT2D eigenvalue weighted by Gasteiger charge is -2.22. The van der Waals surface area contributed by atoms with Crippen LogP contribution in [0, 0.1) is 5.82 Å². The fourth-order valence-corrected chi connectivity index (χ4v) is 4.45. The van der Waals surface area contributed by atoms with Crippen molar-refractivity contribution in [1.29, 1.82) is 0 Å². The Hall–Kier alpha value is -3.13. The third-order valence-corrected chi connectivity index (χ3v) is 6.06. The van der Waals surface area contributed by atoms with Gasteiger partial charge in [0, 0.05) is 48.8 Å². The van der Waals surface area contributed by atoms with Gasteiger partial charge in [0.2, 0.25) is 5.43 Å². The molecular weight excluding hydrogens is 413 g/mol. The average molecular weight is 444 g/mol. The van der Waals surface area contributed by atoms with Crippen molar-refractivity contribution in [2.75, 3.05) is 13.7 Å². The molecule has 5 rings (SSSR count). The van der Waals surface area contributed by atoms with Gasteiger partial charge >= 0.3 is 5.97 Å². The minimum Gasteiger partial charge on any atom is -0.494 e. The standard InChI is InChI=1S/C22H22FN3O4.2CH4/c1-11-17-7-12(9-25(17)6-5-24-11)18-16(23)8-14-19(21(18)30-2)26(13-3-4-13)10-15(20(14)27)22(28)29;;/h7-11,13,24H,3-6H2,1-2H3,(H,28,29);2*1H4/t11-;;/m1../s1. The number of nitrogens with one attached hydrogen (secondary N) is 1. The Labute approximate surface area is 186 Å². The SMILES string of the molecule is C.C.COc1c(-c2cc3n(c2)CCN[C@@H]3C)c(F)cc2c(=O)c(C(=O)O)cn(C3CC3)c12. The number of aromatic carboxylic acids is 1. The quantitative estimate of drug-likeness (QED) is 0.616. The van der Waals surface area contributed by atoms with Gasteiger partial charge in [-0.3, -0.25) is 4.79 Å². The summed E-state index contributed by atoms with van der Waals surface area (Å²) in [6.07, 6.45) is 5.02. The Morgan fingerprint density at radius 1 is 1.25 bits per heavy atom. The number of nitrogens with zero attached hydrogens (tertiary/aromatic N) is 2. The van der Waals surface area contributed by atoms with Crippen LogP contribution in [0.15, 0.2) is 29.3 Å². The molecule has 1 aliphatic carbocycles. The Morgan fingerprint density at radius 3 is 2.56 bits per heavy atom. The summed E-state index contributed by atoms with van der Waals surface area (Å²) >= 11 is 0. The van der Waals surface area contributed by atoms with Crippen LogP contribution in [0.4, 0.5) is 4.39 Å². The Balaban J connectivity index is 0.00000144. The van der Waals surface area contributed by atoms with Crippen LogP contribution in [0.25, 0.3) is 22.0 Å². The third-order valence-electron chi connectivity index (χ3n) is 6.06. The minimum atomic E-state index is -1.32. The lowest BCUT2D eigenvalue weighted by Crippen LogP contribution is -2.30. The number of ether oxygens (including phenoxy) is 1. The van der Waals surface area contributed by atoms with Crippen molar-refractivity contribution < 1.29 is 19.0 Å². The summed E-state index contributed by atoms with van der Waals surface area (Å²) < 4.78 is 24.9. The molecule has 8 heteroatoms. The third kappa shape index (κ3) is 3.48. The van der Waals surface area contributed by atoms with Crippen LogP contribution in [-0.4, -0.2) is 33.9 Å². The highest BCUT2D eigenvalue weighted by Gasteiger charge is 2.31. The lowest BCUT2D eigenvalue weighted by molar-refractivity contribution is 0.0695. The van der Waals surface area contributed by atoms with E-state index in [0.29, 0.717) is 11.1 Å². The van der Waals surface area contributed by atoms with Gasteiger partial charge in [-0.2, -0.15) is 0 Å². The summed E-state index contributed by atoms with van der Waals surface area (Å²) in [7, 11) is 1.45. The number of hydrogen-bond acceptors (Lipinski definition) is 4. The first-order valence-electron chi connectivity index (χ1n) is 10.0. The molecule has 1 atom stereocenters. The molecule has 3 aromatic rings. The maximum Gasteiger partial charge on any atom is 0.341 e. The Kier molecular flexibility index (Phi) is 6.20. The van der Waals surface area contributed by atoms with Crippen LogP contribution in [-0.2, 0) is 6.54 Å². The van der Waals surface area contributed by atoms with E-state index in [0.717, 1.165) is 37.7 Å². The largest absolute Gasteiger partial charge is 0.494 e. The van der Waals surface area contributed by atoms with Crippen molar-refractivity contribution >= 4 is 16.9 Å². The number of rotatable bonds is 4. The Bertz CT molecular complexity index is 1260. The van der Waals surface area contributed by atoms with E-state index in [4.69, 9.17) is 4.74 Å². The van der Waals surface area contributed by atoms with E-state index in [1.807, 2.05) is 12.3 Å². The fourth-order valence-electron chi connectivity index (χ4n) is 4.45. The number of halogens is 1. The van der Waals surface area contributed by atoms with E-state index in [1.54, 1.807) is 4.57 Å². The van der Waals surface area contributed by atoms with Gasteiger partial charge in [0.15, 0.2) is 5.75 Å². The van der Waals surface area contributed by atoms with Crippen LogP contribution < -0.4 is 15.5 Å². The van der Waals surface area contributed by atoms with Crippen molar-refractivity contribution in [3.05, 3.63) is 51.8 Å². The van der Waals surface area contributed by atoms with Crippen LogP contribution in [0.2, 0.25) is 0 Å². The summed E-state index contributed by atoms with van der Waals surface area (Å²) in [5, 5.41) is 12.9. The predicted octanol–water partition coefficient (Wildman–Crippen LogP) is 4.59. The second-order valence-electron chi connectivity index (χ2n) is 8.00. The molecule has 2 N–H and O–H groups in total. The number of fused-ring (bicyclic) bond motifs is 2. The molecule has 2 aliphatic rings. The summed E-state index contributed by atoms with van der Waals surface area (Å²) in [5.41, 5.74) is 1.40. The van der Waals surface area contributed by atoms with Crippen LogP contribution in [0.3, 0.4) is 0 Å². The van der Waals surface area contributed by atoms with Gasteiger partial charge in [0.25, 0.3) is 0 Å². The summed E-state index contributed by atoms with van der Waals surface area (Å²) in [4.78, 5) is 24.4. The summed E-state index contributed by atoms with van der Waals surface area (Å²) in [5.74, 6) is -1.67. The number of carbonyl (C=O) groups is 1. The second-order valence-corrected chi connectivity index (χ2v) is 8.00. The summed E-state index contributed by atoms with van der Waals surface area (Å²) in [6, 6.07) is 3.31. The molecule has 0 spiro atoms. The van der Waals surface area contributed by atoms with Gasteiger partial charge in [-0.25, -0.2) is 9.18 Å². The molecule has 0 radical (unpaired) electrons. The number of carboxylic acids is 1. The first kappa shape index (κ1) is 23.5. The number of methoxy groups -OCH3 is 1. The van der Waals surface area contributed by atoms with E-state index in [-0.39, 0.29) is 49.2 Å². The fraction of sp³-hybridized carbons (Fsp3) is 0.417. The molecule has 1 aromatic carbocycles. The highest BCUT2D eigenvalue weighted by atomic mass is 19.1. The van der Waals surface area contributed by atoms with E-state index >= 15 is 4.39 Å². The monoisotopic (exact) mass is 443 g/mol. The van der Waals surface area contributed by atoms with Gasteiger partial charge < -0.3 is 24.3 Å². The van der Waals surface area contributed by atoms with Gasteiger partial charge in [0.1, 0.15) is 11.4 Å². The van der Waals surface area contributed by atoms with Crippen LogP contribution >= 0.6 is 0 Å². The van der Waals surface area contributed by atoms with Crippen molar-refractivity contribution in [2.45, 2.75) is 53.2 Å².